The van der Waals surface area contributed by atoms with Crippen molar-refractivity contribution in [2.75, 3.05) is 0 Å². The first-order chi connectivity index (χ1) is 20.2. The van der Waals surface area contributed by atoms with E-state index in [-0.39, 0.29) is 0 Å². The molecule has 0 saturated carbocycles. The Hall–Kier alpha value is -2.79. The highest BCUT2D eigenvalue weighted by Gasteiger charge is 1.99. The second kappa shape index (κ2) is 34.4. The van der Waals surface area contributed by atoms with Crippen LogP contribution in [-0.2, 0) is 0 Å². The smallest absolute Gasteiger partial charge is 0.180 e. The van der Waals surface area contributed by atoms with Gasteiger partial charge in [0.1, 0.15) is 6.26 Å². The van der Waals surface area contributed by atoms with Crippen LogP contribution < -0.4 is 0 Å². The van der Waals surface area contributed by atoms with E-state index in [9.17, 15) is 0 Å². The molecule has 5 heteroatoms. The van der Waals surface area contributed by atoms with E-state index >= 15 is 0 Å². The molecule has 4 rings (SSSR count). The minimum absolute atomic E-state index is 0.480. The van der Waals surface area contributed by atoms with Gasteiger partial charge in [-0.1, -0.05) is 147 Å². The van der Waals surface area contributed by atoms with Crippen molar-refractivity contribution in [3.63, 3.8) is 0 Å². The van der Waals surface area contributed by atoms with Crippen LogP contribution in [0.1, 0.15) is 156 Å². The molecule has 42 heavy (non-hydrogen) atoms. The lowest BCUT2D eigenvalue weighted by molar-refractivity contribution is 0.555. The van der Waals surface area contributed by atoms with Crippen molar-refractivity contribution in [3.05, 3.63) is 101 Å². The van der Waals surface area contributed by atoms with E-state index in [2.05, 4.69) is 94.6 Å². The van der Waals surface area contributed by atoms with Crippen LogP contribution in [0.4, 0.5) is 0 Å². The Morgan fingerprint density at radius 3 is 1.33 bits per heavy atom. The highest BCUT2D eigenvalue weighted by Crippen LogP contribution is 2.17. The Labute approximate surface area is 265 Å². The molecule has 0 aliphatic carbocycles. The van der Waals surface area contributed by atoms with Gasteiger partial charge in [0, 0.05) is 23.0 Å². The molecule has 0 radical (unpaired) electrons. The fraction of sp³-hybridized carbons (Fsp3) is 0.541. The molecule has 4 nitrogen and oxygen atoms in total. The average Bonchev–Trinajstić information content (AvgIpc) is 3.79. The highest BCUT2D eigenvalue weighted by atomic mass is 32.1. The second-order valence-corrected chi connectivity index (χ2v) is 10.0. The zero-order valence-corrected chi connectivity index (χ0v) is 30.8. The van der Waals surface area contributed by atoms with E-state index in [1.807, 2.05) is 97.6 Å². The van der Waals surface area contributed by atoms with Crippen molar-refractivity contribution in [1.82, 2.24) is 15.0 Å². The van der Waals surface area contributed by atoms with Gasteiger partial charge in [-0.25, -0.2) is 4.98 Å². The number of benzene rings is 1. The Balaban J connectivity index is -0.000000212. The van der Waals surface area contributed by atoms with Gasteiger partial charge >= 0.3 is 0 Å². The number of hydrogen-bond donors (Lipinski definition) is 0. The van der Waals surface area contributed by atoms with Crippen molar-refractivity contribution in [2.45, 2.75) is 134 Å². The maximum Gasteiger partial charge on any atom is 0.180 e. The summed E-state index contributed by atoms with van der Waals surface area (Å²) in [7, 11) is 0. The lowest BCUT2D eigenvalue weighted by Crippen LogP contribution is -1.88. The lowest BCUT2D eigenvalue weighted by atomic mass is 10.0. The number of pyridine rings is 1. The van der Waals surface area contributed by atoms with Crippen LogP contribution in [0.5, 0.6) is 0 Å². The molecule has 0 spiro atoms. The molecule has 4 aromatic rings. The first-order valence-corrected chi connectivity index (χ1v) is 16.8. The Kier molecular flexibility index (Phi) is 37.8. The Morgan fingerprint density at radius 1 is 0.571 bits per heavy atom. The predicted octanol–water partition coefficient (Wildman–Crippen LogP) is 13.2. The molecule has 1 aromatic carbocycles. The maximum absolute atomic E-state index is 4.76. The van der Waals surface area contributed by atoms with E-state index < -0.39 is 0 Å². The molecule has 0 aliphatic rings. The summed E-state index contributed by atoms with van der Waals surface area (Å²) in [5.41, 5.74) is 5.47. The third-order valence-corrected chi connectivity index (χ3v) is 5.89. The number of rotatable bonds is 4. The fourth-order valence-corrected chi connectivity index (χ4v) is 3.21. The molecule has 0 fully saturated rings. The highest BCUT2D eigenvalue weighted by molar-refractivity contribution is 7.09. The van der Waals surface area contributed by atoms with Gasteiger partial charge in [-0.15, -0.1) is 11.3 Å². The predicted molar refractivity (Wildman–Crippen MR) is 191 cm³/mol. The normalized spacial score (nSPS) is 8.86. The molecular weight excluding hydrogens is 534 g/mol. The lowest BCUT2D eigenvalue weighted by Gasteiger charge is -2.01. The van der Waals surface area contributed by atoms with Crippen molar-refractivity contribution >= 4 is 11.3 Å². The third kappa shape index (κ3) is 26.1. The van der Waals surface area contributed by atoms with E-state index in [4.69, 9.17) is 4.42 Å². The largest absolute Gasteiger partial charge is 0.451 e. The second-order valence-electron chi connectivity index (χ2n) is 9.10. The van der Waals surface area contributed by atoms with Gasteiger partial charge in [0.05, 0.1) is 11.2 Å². The van der Waals surface area contributed by atoms with Gasteiger partial charge in [-0.2, -0.15) is 0 Å². The number of thiazole rings is 1. The summed E-state index contributed by atoms with van der Waals surface area (Å²) in [4.78, 5) is 13.5. The van der Waals surface area contributed by atoms with Crippen LogP contribution in [0, 0.1) is 0 Å². The van der Waals surface area contributed by atoms with Gasteiger partial charge in [0.25, 0.3) is 0 Å². The summed E-state index contributed by atoms with van der Waals surface area (Å²) in [5.74, 6) is 2.33. The molecule has 3 heterocycles. The van der Waals surface area contributed by atoms with Gasteiger partial charge < -0.3 is 4.42 Å². The molecule has 0 aliphatic heterocycles. The number of aromatic nitrogens is 3. The minimum Gasteiger partial charge on any atom is -0.451 e. The Bertz CT molecular complexity index is 869. The van der Waals surface area contributed by atoms with Crippen LogP contribution in [0.25, 0.3) is 0 Å². The number of hydrogen-bond acceptors (Lipinski definition) is 5. The molecule has 0 unspecified atom stereocenters. The topological polar surface area (TPSA) is 51.8 Å². The SMILES string of the molecule is CC.CC.CC.CC.CC(C)c1ccccc1.CC(C)c1ccccn1.CC(C)c1cncs1.CC(C)c1cocn1. The quantitative estimate of drug-likeness (QED) is 0.234. The fourth-order valence-electron chi connectivity index (χ4n) is 2.57. The van der Waals surface area contributed by atoms with E-state index in [0.29, 0.717) is 23.7 Å². The maximum atomic E-state index is 4.76. The van der Waals surface area contributed by atoms with Gasteiger partial charge in [-0.05, 0) is 41.4 Å². The van der Waals surface area contributed by atoms with Gasteiger partial charge in [0.2, 0.25) is 0 Å². The van der Waals surface area contributed by atoms with Crippen molar-refractivity contribution < 1.29 is 4.42 Å². The number of nitrogens with zero attached hydrogens (tertiary/aromatic N) is 3. The molecule has 240 valence electrons. The third-order valence-electron chi connectivity index (χ3n) is 4.81. The molecule has 0 bridgehead atoms. The minimum atomic E-state index is 0.480. The average molecular weight is 600 g/mol. The summed E-state index contributed by atoms with van der Waals surface area (Å²) in [6, 6.07) is 16.5. The summed E-state index contributed by atoms with van der Waals surface area (Å²) >= 11 is 1.72. The molecule has 3 aromatic heterocycles. The Morgan fingerprint density at radius 2 is 1.10 bits per heavy atom. The van der Waals surface area contributed by atoms with E-state index in [1.54, 1.807) is 17.6 Å². The van der Waals surface area contributed by atoms with Crippen LogP contribution in [0.2, 0.25) is 0 Å². The van der Waals surface area contributed by atoms with Crippen LogP contribution in [-0.4, -0.2) is 15.0 Å². The molecule has 0 saturated heterocycles. The summed E-state index contributed by atoms with van der Waals surface area (Å²) in [6.45, 7) is 33.2. The summed E-state index contributed by atoms with van der Waals surface area (Å²) in [6.07, 6.45) is 6.88. The van der Waals surface area contributed by atoms with Crippen LogP contribution in [0.15, 0.2) is 83.5 Å². The monoisotopic (exact) mass is 599 g/mol. The van der Waals surface area contributed by atoms with Crippen LogP contribution in [0.3, 0.4) is 0 Å². The molecular formula is C37H65N3OS. The van der Waals surface area contributed by atoms with Gasteiger partial charge in [0.15, 0.2) is 6.39 Å². The van der Waals surface area contributed by atoms with E-state index in [0.717, 1.165) is 11.4 Å². The summed E-state index contributed by atoms with van der Waals surface area (Å²) < 4.78 is 4.76. The van der Waals surface area contributed by atoms with Crippen LogP contribution >= 0.6 is 11.3 Å². The zero-order chi connectivity index (χ0) is 33.3. The first kappa shape index (κ1) is 46.2. The van der Waals surface area contributed by atoms with Crippen molar-refractivity contribution in [2.24, 2.45) is 0 Å². The zero-order valence-electron chi connectivity index (χ0n) is 30.0. The first-order valence-electron chi connectivity index (χ1n) is 15.9. The van der Waals surface area contributed by atoms with E-state index in [1.165, 1.54) is 16.8 Å². The van der Waals surface area contributed by atoms with Gasteiger partial charge in [-0.3, -0.25) is 9.97 Å². The van der Waals surface area contributed by atoms with Crippen molar-refractivity contribution in [1.29, 1.82) is 0 Å². The number of oxazole rings is 1. The van der Waals surface area contributed by atoms with Crippen molar-refractivity contribution in [3.8, 4) is 0 Å². The molecule has 0 N–H and O–H groups in total. The standard InChI is InChI=1S/C9H12.C8H11N.C6H9NO.C6H9NS.4C2H6/c1-8(2)9-6-4-3-5-7-9;1-7(2)8-5-3-4-6-9-8;1-5(2)6-3-8-4-7-6;1-5(2)6-3-7-4-8-6;4*1-2/h3-8H,1-2H3;3-7H,1-2H3;2*3-5H,1-2H3;4*1-2H3. The molecule has 0 atom stereocenters. The molecule has 0 amide bonds. The summed E-state index contributed by atoms with van der Waals surface area (Å²) in [5, 5.41) is 0.